The Morgan fingerprint density at radius 1 is 1.23 bits per heavy atom. The van der Waals surface area contributed by atoms with Crippen LogP contribution in [0.1, 0.15) is 29.2 Å². The minimum atomic E-state index is -0.581. The van der Waals surface area contributed by atoms with Crippen molar-refractivity contribution in [3.63, 3.8) is 0 Å². The van der Waals surface area contributed by atoms with Crippen molar-refractivity contribution in [3.05, 3.63) is 64.6 Å². The highest BCUT2D eigenvalue weighted by Crippen LogP contribution is 2.41. The first-order valence-electron chi connectivity index (χ1n) is 9.62. The summed E-state index contributed by atoms with van der Waals surface area (Å²) < 4.78 is 13.8. The number of anilines is 3. The number of hydrogen-bond acceptors (Lipinski definition) is 7. The van der Waals surface area contributed by atoms with Crippen LogP contribution in [0.15, 0.2) is 36.5 Å². The van der Waals surface area contributed by atoms with Gasteiger partial charge in [-0.3, -0.25) is 0 Å². The third kappa shape index (κ3) is 3.54. The van der Waals surface area contributed by atoms with Crippen LogP contribution in [-0.4, -0.2) is 28.2 Å². The normalized spacial score (nSPS) is 16.7. The van der Waals surface area contributed by atoms with Crippen LogP contribution in [0.25, 0.3) is 11.3 Å². The number of aliphatic hydroxyl groups excluding tert-OH is 1. The largest absolute Gasteiger partial charge is 0.395 e. The molecule has 0 fully saturated rings. The zero-order chi connectivity index (χ0) is 22.2. The quantitative estimate of drug-likeness (QED) is 0.595. The Labute approximate surface area is 178 Å². The maximum Gasteiger partial charge on any atom is 0.227 e. The summed E-state index contributed by atoms with van der Waals surface area (Å²) in [6.07, 6.45) is 1.58. The van der Waals surface area contributed by atoms with Gasteiger partial charge in [-0.05, 0) is 48.4 Å². The van der Waals surface area contributed by atoms with Crippen molar-refractivity contribution in [2.75, 3.05) is 23.8 Å². The molecule has 7 nitrogen and oxygen atoms in total. The van der Waals surface area contributed by atoms with Crippen molar-refractivity contribution < 1.29 is 9.50 Å². The molecule has 154 valence electrons. The molecular formula is C23H19FN6O. The molecule has 0 saturated heterocycles. The second-order valence-electron chi connectivity index (χ2n) is 7.78. The van der Waals surface area contributed by atoms with Crippen molar-refractivity contribution in [2.24, 2.45) is 0 Å². The molecule has 3 aromatic rings. The van der Waals surface area contributed by atoms with Crippen LogP contribution in [0.5, 0.6) is 0 Å². The Balaban J connectivity index is 1.75. The molecule has 0 amide bonds. The van der Waals surface area contributed by atoms with E-state index in [1.54, 1.807) is 25.3 Å². The van der Waals surface area contributed by atoms with E-state index in [0.29, 0.717) is 29.1 Å². The minimum Gasteiger partial charge on any atom is -0.395 e. The first-order valence-corrected chi connectivity index (χ1v) is 9.62. The molecule has 0 aliphatic carbocycles. The fourth-order valence-electron chi connectivity index (χ4n) is 3.66. The summed E-state index contributed by atoms with van der Waals surface area (Å²) in [5.41, 5.74) is 3.96. The van der Waals surface area contributed by atoms with Gasteiger partial charge in [0.05, 0.1) is 29.1 Å². The number of rotatable bonds is 4. The standard InChI is InChI=1S/C23H19FN6O/c1-13-5-18(24)15(9-25)8-20(13)30-22-27-4-3-19(29-22)14-6-16(10-26)21-17(7-14)23(2,12-31)11-28-21/h3-8,28,31H,11-12H2,1-2H3,(H,27,29,30)/t23-/m1/s1. The van der Waals surface area contributed by atoms with Crippen LogP contribution in [0.2, 0.25) is 0 Å². The molecule has 2 aromatic carbocycles. The van der Waals surface area contributed by atoms with Gasteiger partial charge in [0.2, 0.25) is 5.95 Å². The van der Waals surface area contributed by atoms with Gasteiger partial charge in [-0.15, -0.1) is 0 Å². The fraction of sp³-hybridized carbons (Fsp3) is 0.217. The molecule has 2 heterocycles. The Bertz CT molecular complexity index is 1280. The minimum absolute atomic E-state index is 0.0526. The van der Waals surface area contributed by atoms with Crippen molar-refractivity contribution in [2.45, 2.75) is 19.3 Å². The van der Waals surface area contributed by atoms with Crippen LogP contribution in [0.3, 0.4) is 0 Å². The molecule has 3 N–H and O–H groups in total. The summed E-state index contributed by atoms with van der Waals surface area (Å²) in [5, 5.41) is 34.8. The number of nitrogens with zero attached hydrogens (tertiary/aromatic N) is 4. The highest BCUT2D eigenvalue weighted by Gasteiger charge is 2.35. The summed E-state index contributed by atoms with van der Waals surface area (Å²) in [6.45, 7) is 4.15. The molecule has 4 rings (SSSR count). The van der Waals surface area contributed by atoms with E-state index >= 15 is 0 Å². The van der Waals surface area contributed by atoms with E-state index in [9.17, 15) is 14.8 Å². The van der Waals surface area contributed by atoms with Gasteiger partial charge in [0, 0.05) is 29.4 Å². The lowest BCUT2D eigenvalue weighted by Gasteiger charge is -2.21. The first-order chi connectivity index (χ1) is 14.9. The van der Waals surface area contributed by atoms with E-state index in [0.717, 1.165) is 16.8 Å². The maximum atomic E-state index is 13.8. The number of aryl methyl sites for hydroxylation is 1. The monoisotopic (exact) mass is 414 g/mol. The summed E-state index contributed by atoms with van der Waals surface area (Å²) in [6, 6.07) is 12.1. The number of hydrogen-bond donors (Lipinski definition) is 3. The van der Waals surface area contributed by atoms with Gasteiger partial charge in [0.15, 0.2) is 0 Å². The molecule has 0 saturated carbocycles. The lowest BCUT2D eigenvalue weighted by atomic mass is 9.83. The lowest BCUT2D eigenvalue weighted by Crippen LogP contribution is -2.28. The van der Waals surface area contributed by atoms with Gasteiger partial charge in [-0.25, -0.2) is 14.4 Å². The number of nitrogens with one attached hydrogen (secondary N) is 2. The highest BCUT2D eigenvalue weighted by molar-refractivity contribution is 5.76. The second-order valence-corrected chi connectivity index (χ2v) is 7.78. The van der Waals surface area contributed by atoms with Gasteiger partial charge in [-0.1, -0.05) is 6.92 Å². The smallest absolute Gasteiger partial charge is 0.227 e. The van der Waals surface area contributed by atoms with Crippen molar-refractivity contribution >= 4 is 17.3 Å². The molecular weight excluding hydrogens is 395 g/mol. The zero-order valence-corrected chi connectivity index (χ0v) is 17.0. The third-order valence-electron chi connectivity index (χ3n) is 5.55. The van der Waals surface area contributed by atoms with E-state index in [2.05, 4.69) is 26.7 Å². The second kappa shape index (κ2) is 7.67. The van der Waals surface area contributed by atoms with Gasteiger partial charge in [0.1, 0.15) is 18.0 Å². The molecule has 1 atom stereocenters. The molecule has 1 aromatic heterocycles. The van der Waals surface area contributed by atoms with Crippen molar-refractivity contribution in [1.82, 2.24) is 9.97 Å². The van der Waals surface area contributed by atoms with Crippen LogP contribution in [0.4, 0.5) is 21.7 Å². The van der Waals surface area contributed by atoms with E-state index < -0.39 is 11.2 Å². The zero-order valence-electron chi connectivity index (χ0n) is 17.0. The number of fused-ring (bicyclic) bond motifs is 1. The summed E-state index contributed by atoms with van der Waals surface area (Å²) in [4.78, 5) is 8.76. The Kier molecular flexibility index (Phi) is 5.02. The SMILES string of the molecule is Cc1cc(F)c(C#N)cc1Nc1nccc(-c2cc(C#N)c3c(c2)[C@@](C)(CO)CN3)n1. The number of nitriles is 2. The lowest BCUT2D eigenvalue weighted by molar-refractivity contribution is 0.219. The number of halogens is 1. The average molecular weight is 414 g/mol. The molecule has 1 aliphatic heterocycles. The van der Waals surface area contributed by atoms with Crippen LogP contribution in [-0.2, 0) is 5.41 Å². The Morgan fingerprint density at radius 2 is 2.00 bits per heavy atom. The van der Waals surface area contributed by atoms with E-state index in [4.69, 9.17) is 5.26 Å². The van der Waals surface area contributed by atoms with Gasteiger partial charge in [0.25, 0.3) is 0 Å². The van der Waals surface area contributed by atoms with Crippen LogP contribution < -0.4 is 10.6 Å². The molecule has 8 heteroatoms. The predicted octanol–water partition coefficient (Wildman–Crippen LogP) is 3.75. The Hall–Kier alpha value is -4.01. The molecule has 0 radical (unpaired) electrons. The van der Waals surface area contributed by atoms with Crippen molar-refractivity contribution in [3.8, 4) is 23.4 Å². The summed E-state index contributed by atoms with van der Waals surface area (Å²) in [7, 11) is 0. The topological polar surface area (TPSA) is 118 Å². The summed E-state index contributed by atoms with van der Waals surface area (Å²) in [5.74, 6) is -0.305. The first kappa shape index (κ1) is 20.3. The van der Waals surface area contributed by atoms with Crippen molar-refractivity contribution in [1.29, 1.82) is 10.5 Å². The number of benzene rings is 2. The maximum absolute atomic E-state index is 13.8. The number of aromatic nitrogens is 2. The Morgan fingerprint density at radius 3 is 2.71 bits per heavy atom. The molecule has 31 heavy (non-hydrogen) atoms. The van der Waals surface area contributed by atoms with Crippen LogP contribution in [0, 0.1) is 35.4 Å². The molecule has 0 unspecified atom stereocenters. The van der Waals surface area contributed by atoms with Crippen LogP contribution >= 0.6 is 0 Å². The average Bonchev–Trinajstić information content (AvgIpc) is 3.12. The van der Waals surface area contributed by atoms with E-state index in [1.165, 1.54) is 12.1 Å². The third-order valence-corrected chi connectivity index (χ3v) is 5.55. The number of aliphatic hydroxyl groups is 1. The molecule has 1 aliphatic rings. The van der Waals surface area contributed by atoms with E-state index in [1.807, 2.05) is 19.1 Å². The fourth-order valence-corrected chi connectivity index (χ4v) is 3.66. The van der Waals surface area contributed by atoms with Gasteiger partial charge < -0.3 is 15.7 Å². The predicted molar refractivity (Wildman–Crippen MR) is 114 cm³/mol. The highest BCUT2D eigenvalue weighted by atomic mass is 19.1. The van der Waals surface area contributed by atoms with E-state index in [-0.39, 0.29) is 18.1 Å². The summed E-state index contributed by atoms with van der Waals surface area (Å²) >= 11 is 0. The van der Waals surface area contributed by atoms with Gasteiger partial charge >= 0.3 is 0 Å². The molecule has 0 bridgehead atoms. The van der Waals surface area contributed by atoms with Gasteiger partial charge in [-0.2, -0.15) is 10.5 Å². The molecule has 0 spiro atoms.